The van der Waals surface area contributed by atoms with Crippen LogP contribution in [0.1, 0.15) is 32.8 Å². The van der Waals surface area contributed by atoms with Gasteiger partial charge in [0.15, 0.2) is 5.96 Å². The molecule has 138 valence electrons. The highest BCUT2D eigenvalue weighted by atomic mass is 127. The third-order valence-electron chi connectivity index (χ3n) is 3.98. The quantitative estimate of drug-likeness (QED) is 0.278. The SMILES string of the molecule is CCNC(=NCC(C)(C)c1ccccc1)NCCCn1ccnc1.I. The molecule has 2 N–H and O–H groups in total. The van der Waals surface area contributed by atoms with Crippen LogP contribution in [0.3, 0.4) is 0 Å². The summed E-state index contributed by atoms with van der Waals surface area (Å²) in [5.74, 6) is 0.882. The van der Waals surface area contributed by atoms with Gasteiger partial charge in [0.2, 0.25) is 0 Å². The summed E-state index contributed by atoms with van der Waals surface area (Å²) < 4.78 is 2.09. The Morgan fingerprint density at radius 2 is 1.96 bits per heavy atom. The number of benzene rings is 1. The van der Waals surface area contributed by atoms with Gasteiger partial charge in [-0.15, -0.1) is 24.0 Å². The van der Waals surface area contributed by atoms with Gasteiger partial charge in [-0.3, -0.25) is 4.99 Å². The van der Waals surface area contributed by atoms with Crippen molar-refractivity contribution in [3.8, 4) is 0 Å². The Hall–Kier alpha value is -1.57. The number of rotatable bonds is 8. The first-order valence-corrected chi connectivity index (χ1v) is 8.65. The molecule has 2 rings (SSSR count). The van der Waals surface area contributed by atoms with Crippen molar-refractivity contribution >= 4 is 29.9 Å². The van der Waals surface area contributed by atoms with Crippen molar-refractivity contribution in [2.45, 2.75) is 39.2 Å². The zero-order valence-corrected chi connectivity index (χ0v) is 17.7. The second-order valence-corrected chi connectivity index (χ2v) is 6.53. The molecule has 0 amide bonds. The first kappa shape index (κ1) is 21.5. The molecule has 5 nitrogen and oxygen atoms in total. The minimum absolute atomic E-state index is 0. The number of nitrogens with zero attached hydrogens (tertiary/aromatic N) is 3. The molecule has 0 saturated carbocycles. The van der Waals surface area contributed by atoms with E-state index in [9.17, 15) is 0 Å². The van der Waals surface area contributed by atoms with Gasteiger partial charge in [0, 0.05) is 37.4 Å². The lowest BCUT2D eigenvalue weighted by Gasteiger charge is -2.24. The third kappa shape index (κ3) is 7.46. The fraction of sp³-hybridized carbons (Fsp3) is 0.474. The zero-order valence-electron chi connectivity index (χ0n) is 15.4. The lowest BCUT2D eigenvalue weighted by Crippen LogP contribution is -2.39. The van der Waals surface area contributed by atoms with Crippen LogP contribution in [-0.4, -0.2) is 35.1 Å². The smallest absolute Gasteiger partial charge is 0.191 e. The maximum Gasteiger partial charge on any atom is 0.191 e. The fourth-order valence-electron chi connectivity index (χ4n) is 2.49. The number of nitrogens with one attached hydrogen (secondary N) is 2. The molecule has 1 aromatic carbocycles. The second-order valence-electron chi connectivity index (χ2n) is 6.53. The van der Waals surface area contributed by atoms with Crippen LogP contribution in [0, 0.1) is 0 Å². The predicted molar refractivity (Wildman–Crippen MR) is 116 cm³/mol. The molecule has 6 heteroatoms. The zero-order chi connectivity index (χ0) is 17.3. The van der Waals surface area contributed by atoms with E-state index in [0.29, 0.717) is 0 Å². The molecule has 25 heavy (non-hydrogen) atoms. The van der Waals surface area contributed by atoms with E-state index >= 15 is 0 Å². The number of guanidine groups is 1. The van der Waals surface area contributed by atoms with Gasteiger partial charge in [-0.2, -0.15) is 0 Å². The topological polar surface area (TPSA) is 54.2 Å². The van der Waals surface area contributed by atoms with E-state index in [4.69, 9.17) is 4.99 Å². The van der Waals surface area contributed by atoms with E-state index in [2.05, 4.69) is 71.3 Å². The van der Waals surface area contributed by atoms with Crippen LogP contribution < -0.4 is 10.6 Å². The summed E-state index contributed by atoms with van der Waals surface area (Å²) in [7, 11) is 0. The van der Waals surface area contributed by atoms with E-state index in [1.165, 1.54) is 5.56 Å². The average molecular weight is 455 g/mol. The van der Waals surface area contributed by atoms with E-state index in [-0.39, 0.29) is 29.4 Å². The van der Waals surface area contributed by atoms with Crippen molar-refractivity contribution in [1.29, 1.82) is 0 Å². The summed E-state index contributed by atoms with van der Waals surface area (Å²) in [5, 5.41) is 6.73. The van der Waals surface area contributed by atoms with E-state index in [0.717, 1.165) is 38.6 Å². The standard InChI is InChI=1S/C19H29N5.HI/c1-4-21-18(22-11-8-13-24-14-12-20-16-24)23-15-19(2,3)17-9-6-5-7-10-17;/h5-7,9-10,12,14,16H,4,8,11,13,15H2,1-3H3,(H2,21,22,23);1H. The minimum Gasteiger partial charge on any atom is -0.357 e. The van der Waals surface area contributed by atoms with Crippen molar-refractivity contribution < 1.29 is 0 Å². The summed E-state index contributed by atoms with van der Waals surface area (Å²) in [4.78, 5) is 8.83. The molecule has 0 radical (unpaired) electrons. The molecule has 0 atom stereocenters. The molecular formula is C19H30IN5. The van der Waals surface area contributed by atoms with Crippen molar-refractivity contribution in [2.75, 3.05) is 19.6 Å². The van der Waals surface area contributed by atoms with Crippen LogP contribution in [0.15, 0.2) is 54.0 Å². The fourth-order valence-corrected chi connectivity index (χ4v) is 2.49. The Labute approximate surface area is 168 Å². The Morgan fingerprint density at radius 3 is 2.60 bits per heavy atom. The van der Waals surface area contributed by atoms with Gasteiger partial charge in [-0.05, 0) is 18.9 Å². The highest BCUT2D eigenvalue weighted by Gasteiger charge is 2.19. The van der Waals surface area contributed by atoms with Gasteiger partial charge in [0.05, 0.1) is 12.9 Å². The van der Waals surface area contributed by atoms with Crippen LogP contribution >= 0.6 is 24.0 Å². The summed E-state index contributed by atoms with van der Waals surface area (Å²) in [6.07, 6.45) is 6.68. The Morgan fingerprint density at radius 1 is 1.20 bits per heavy atom. The lowest BCUT2D eigenvalue weighted by atomic mass is 9.85. The molecule has 0 aliphatic heterocycles. The normalized spacial score (nSPS) is 11.7. The van der Waals surface area contributed by atoms with Crippen molar-refractivity contribution in [1.82, 2.24) is 20.2 Å². The van der Waals surface area contributed by atoms with E-state index in [1.807, 2.05) is 18.7 Å². The van der Waals surface area contributed by atoms with Gasteiger partial charge in [0.25, 0.3) is 0 Å². The van der Waals surface area contributed by atoms with Crippen molar-refractivity contribution in [3.63, 3.8) is 0 Å². The largest absolute Gasteiger partial charge is 0.357 e. The molecule has 1 heterocycles. The number of aliphatic imine (C=N–C) groups is 1. The molecule has 0 saturated heterocycles. The molecule has 0 spiro atoms. The molecule has 2 aromatic rings. The van der Waals surface area contributed by atoms with Crippen molar-refractivity contribution in [2.24, 2.45) is 4.99 Å². The number of hydrogen-bond acceptors (Lipinski definition) is 2. The second kappa shape index (κ2) is 11.1. The molecule has 0 bridgehead atoms. The summed E-state index contributed by atoms with van der Waals surface area (Å²) in [6, 6.07) is 10.6. The Balaban J connectivity index is 0.00000312. The Bertz CT molecular complexity index is 608. The van der Waals surface area contributed by atoms with Gasteiger partial charge >= 0.3 is 0 Å². The number of aromatic nitrogens is 2. The van der Waals surface area contributed by atoms with Crippen LogP contribution in [-0.2, 0) is 12.0 Å². The van der Waals surface area contributed by atoms with Crippen LogP contribution in [0.2, 0.25) is 0 Å². The van der Waals surface area contributed by atoms with Crippen LogP contribution in [0.5, 0.6) is 0 Å². The summed E-state index contributed by atoms with van der Waals surface area (Å²) in [6.45, 7) is 10.00. The van der Waals surface area contributed by atoms with Crippen LogP contribution in [0.4, 0.5) is 0 Å². The lowest BCUT2D eigenvalue weighted by molar-refractivity contribution is 0.536. The first-order valence-electron chi connectivity index (χ1n) is 8.65. The van der Waals surface area contributed by atoms with E-state index in [1.54, 1.807) is 0 Å². The highest BCUT2D eigenvalue weighted by molar-refractivity contribution is 14.0. The summed E-state index contributed by atoms with van der Waals surface area (Å²) in [5.41, 5.74) is 1.32. The molecule has 0 unspecified atom stereocenters. The van der Waals surface area contributed by atoms with Crippen molar-refractivity contribution in [3.05, 3.63) is 54.6 Å². The van der Waals surface area contributed by atoms with Gasteiger partial charge in [-0.1, -0.05) is 44.2 Å². The molecule has 0 aliphatic carbocycles. The number of aryl methyl sites for hydroxylation is 1. The predicted octanol–water partition coefficient (Wildman–Crippen LogP) is 3.42. The number of imidazole rings is 1. The van der Waals surface area contributed by atoms with Crippen LogP contribution in [0.25, 0.3) is 0 Å². The van der Waals surface area contributed by atoms with Gasteiger partial charge in [-0.25, -0.2) is 4.98 Å². The molecule has 0 fully saturated rings. The number of halogens is 1. The first-order chi connectivity index (χ1) is 11.6. The molecular weight excluding hydrogens is 425 g/mol. The monoisotopic (exact) mass is 455 g/mol. The highest BCUT2D eigenvalue weighted by Crippen LogP contribution is 2.22. The summed E-state index contributed by atoms with van der Waals surface area (Å²) >= 11 is 0. The number of hydrogen-bond donors (Lipinski definition) is 2. The molecule has 0 aliphatic rings. The maximum absolute atomic E-state index is 4.77. The average Bonchev–Trinajstić information content (AvgIpc) is 3.11. The van der Waals surface area contributed by atoms with Gasteiger partial charge in [0.1, 0.15) is 0 Å². The van der Waals surface area contributed by atoms with E-state index < -0.39 is 0 Å². The maximum atomic E-state index is 4.77. The third-order valence-corrected chi connectivity index (χ3v) is 3.98. The molecule has 1 aromatic heterocycles. The Kier molecular flexibility index (Phi) is 9.55. The minimum atomic E-state index is 0. The van der Waals surface area contributed by atoms with Gasteiger partial charge < -0.3 is 15.2 Å².